The van der Waals surface area contributed by atoms with Gasteiger partial charge in [0.1, 0.15) is 0 Å². The summed E-state index contributed by atoms with van der Waals surface area (Å²) in [5.41, 5.74) is 1.21. The Morgan fingerprint density at radius 1 is 1.33 bits per heavy atom. The molecule has 1 N–H and O–H groups in total. The highest BCUT2D eigenvalue weighted by molar-refractivity contribution is 7.20. The van der Waals surface area contributed by atoms with E-state index in [2.05, 4.69) is 30.4 Å². The maximum atomic E-state index is 12.6. The SMILES string of the molecule is Cc1ccc2sc(C(=O)N3C[C@@H]4CC(=O)N[C@@H]4C3)cc2c1. The molecule has 4 rings (SSSR count). The topological polar surface area (TPSA) is 49.4 Å². The van der Waals surface area contributed by atoms with E-state index in [4.69, 9.17) is 0 Å². The van der Waals surface area contributed by atoms with Gasteiger partial charge in [0.05, 0.1) is 10.9 Å². The molecular weight excluding hydrogens is 284 g/mol. The van der Waals surface area contributed by atoms with Gasteiger partial charge in [0.15, 0.2) is 0 Å². The summed E-state index contributed by atoms with van der Waals surface area (Å²) >= 11 is 1.55. The number of carbonyl (C=O) groups is 2. The molecular formula is C16H16N2O2S. The fourth-order valence-electron chi connectivity index (χ4n) is 3.34. The van der Waals surface area contributed by atoms with Gasteiger partial charge in [-0.2, -0.15) is 0 Å². The van der Waals surface area contributed by atoms with Crippen LogP contribution in [-0.2, 0) is 4.79 Å². The lowest BCUT2D eigenvalue weighted by molar-refractivity contribution is -0.119. The third kappa shape index (κ3) is 2.12. The highest BCUT2D eigenvalue weighted by Gasteiger charge is 2.41. The molecule has 2 fully saturated rings. The molecule has 3 heterocycles. The summed E-state index contributed by atoms with van der Waals surface area (Å²) in [4.78, 5) is 26.7. The Morgan fingerprint density at radius 2 is 2.19 bits per heavy atom. The van der Waals surface area contributed by atoms with Crippen molar-refractivity contribution in [2.24, 2.45) is 5.92 Å². The number of benzene rings is 1. The number of nitrogens with one attached hydrogen (secondary N) is 1. The maximum absolute atomic E-state index is 12.6. The monoisotopic (exact) mass is 300 g/mol. The third-order valence-corrected chi connectivity index (χ3v) is 5.51. The molecule has 2 aliphatic rings. The number of thiophene rings is 1. The van der Waals surface area contributed by atoms with E-state index in [0.29, 0.717) is 19.5 Å². The van der Waals surface area contributed by atoms with Crippen LogP contribution in [0.4, 0.5) is 0 Å². The van der Waals surface area contributed by atoms with Crippen LogP contribution in [0, 0.1) is 12.8 Å². The molecule has 1 aromatic carbocycles. The van der Waals surface area contributed by atoms with Crippen LogP contribution in [0.1, 0.15) is 21.7 Å². The van der Waals surface area contributed by atoms with Crippen LogP contribution >= 0.6 is 11.3 Å². The lowest BCUT2D eigenvalue weighted by atomic mass is 10.1. The van der Waals surface area contributed by atoms with Crippen molar-refractivity contribution in [1.82, 2.24) is 10.2 Å². The largest absolute Gasteiger partial charge is 0.351 e. The molecule has 2 atom stereocenters. The lowest BCUT2D eigenvalue weighted by Gasteiger charge is -2.16. The van der Waals surface area contributed by atoms with Crippen molar-refractivity contribution in [2.75, 3.05) is 13.1 Å². The number of hydrogen-bond donors (Lipinski definition) is 1. The van der Waals surface area contributed by atoms with Crippen molar-refractivity contribution in [3.8, 4) is 0 Å². The predicted molar refractivity (Wildman–Crippen MR) is 82.5 cm³/mol. The summed E-state index contributed by atoms with van der Waals surface area (Å²) in [6.45, 7) is 3.39. The van der Waals surface area contributed by atoms with Crippen LogP contribution in [0.15, 0.2) is 24.3 Å². The summed E-state index contributed by atoms with van der Waals surface area (Å²) in [6.07, 6.45) is 0.556. The van der Waals surface area contributed by atoms with Gasteiger partial charge in [-0.3, -0.25) is 9.59 Å². The fraction of sp³-hybridized carbons (Fsp3) is 0.375. The summed E-state index contributed by atoms with van der Waals surface area (Å²) in [6, 6.07) is 8.40. The van der Waals surface area contributed by atoms with E-state index in [0.717, 1.165) is 15.0 Å². The van der Waals surface area contributed by atoms with Gasteiger partial charge in [0.25, 0.3) is 5.91 Å². The minimum atomic E-state index is 0.0949. The molecule has 5 heteroatoms. The normalized spacial score (nSPS) is 24.4. The van der Waals surface area contributed by atoms with Crippen molar-refractivity contribution in [3.05, 3.63) is 34.7 Å². The number of aryl methyl sites for hydroxylation is 1. The molecule has 2 aromatic rings. The standard InChI is InChI=1S/C16H16N2O2S/c1-9-2-3-13-10(4-9)5-14(21-13)16(20)18-7-11-6-15(19)17-12(11)8-18/h2-5,11-12H,6-8H2,1H3,(H,17,19)/t11-,12+/m0/s1. The zero-order chi connectivity index (χ0) is 14.6. The maximum Gasteiger partial charge on any atom is 0.264 e. The average molecular weight is 300 g/mol. The van der Waals surface area contributed by atoms with E-state index < -0.39 is 0 Å². The first-order valence-electron chi connectivity index (χ1n) is 7.19. The quantitative estimate of drug-likeness (QED) is 0.877. The molecule has 0 spiro atoms. The van der Waals surface area contributed by atoms with Crippen LogP contribution in [0.2, 0.25) is 0 Å². The first kappa shape index (κ1) is 12.8. The summed E-state index contributed by atoms with van der Waals surface area (Å²) in [5.74, 6) is 0.505. The molecule has 108 valence electrons. The second-order valence-electron chi connectivity index (χ2n) is 6.00. The number of nitrogens with zero attached hydrogens (tertiary/aromatic N) is 1. The molecule has 0 saturated carbocycles. The Balaban J connectivity index is 1.58. The zero-order valence-electron chi connectivity index (χ0n) is 11.8. The lowest BCUT2D eigenvalue weighted by Crippen LogP contribution is -2.35. The molecule has 0 aliphatic carbocycles. The molecule has 0 bridgehead atoms. The summed E-state index contributed by atoms with van der Waals surface area (Å²) < 4.78 is 1.15. The van der Waals surface area contributed by atoms with E-state index in [1.807, 2.05) is 11.0 Å². The highest BCUT2D eigenvalue weighted by Crippen LogP contribution is 2.31. The number of hydrogen-bond acceptors (Lipinski definition) is 3. The van der Waals surface area contributed by atoms with Gasteiger partial charge in [-0.25, -0.2) is 0 Å². The van der Waals surface area contributed by atoms with E-state index in [1.165, 1.54) is 5.56 Å². The van der Waals surface area contributed by atoms with Gasteiger partial charge < -0.3 is 10.2 Å². The van der Waals surface area contributed by atoms with E-state index >= 15 is 0 Å². The van der Waals surface area contributed by atoms with Gasteiger partial charge in [0.2, 0.25) is 5.91 Å². The van der Waals surface area contributed by atoms with Gasteiger partial charge in [-0.1, -0.05) is 17.7 Å². The molecule has 4 nitrogen and oxygen atoms in total. The van der Waals surface area contributed by atoms with Gasteiger partial charge in [-0.05, 0) is 24.4 Å². The Hall–Kier alpha value is -1.88. The van der Waals surface area contributed by atoms with Gasteiger partial charge >= 0.3 is 0 Å². The molecule has 0 unspecified atom stereocenters. The van der Waals surface area contributed by atoms with Crippen LogP contribution in [0.5, 0.6) is 0 Å². The van der Waals surface area contributed by atoms with E-state index in [9.17, 15) is 9.59 Å². The average Bonchev–Trinajstić information content (AvgIpc) is 3.08. The first-order chi connectivity index (χ1) is 10.1. The number of likely N-dealkylation sites (tertiary alicyclic amines) is 1. The van der Waals surface area contributed by atoms with E-state index in [1.54, 1.807) is 11.3 Å². The number of rotatable bonds is 1. The second-order valence-corrected chi connectivity index (χ2v) is 7.08. The van der Waals surface area contributed by atoms with Crippen LogP contribution in [0.25, 0.3) is 10.1 Å². The van der Waals surface area contributed by atoms with Crippen molar-refractivity contribution < 1.29 is 9.59 Å². The Labute approximate surface area is 126 Å². The summed E-state index contributed by atoms with van der Waals surface area (Å²) in [5, 5.41) is 4.09. The van der Waals surface area contributed by atoms with Crippen molar-refractivity contribution in [3.63, 3.8) is 0 Å². The minimum Gasteiger partial charge on any atom is -0.351 e. The smallest absolute Gasteiger partial charge is 0.264 e. The first-order valence-corrected chi connectivity index (χ1v) is 8.00. The third-order valence-electron chi connectivity index (χ3n) is 4.40. The Bertz CT molecular complexity index is 736. The molecule has 2 saturated heterocycles. The highest BCUT2D eigenvalue weighted by atomic mass is 32.1. The van der Waals surface area contributed by atoms with Gasteiger partial charge in [-0.15, -0.1) is 11.3 Å². The van der Waals surface area contributed by atoms with Crippen molar-refractivity contribution in [1.29, 1.82) is 0 Å². The summed E-state index contributed by atoms with van der Waals surface area (Å²) in [7, 11) is 0. The van der Waals surface area contributed by atoms with Crippen molar-refractivity contribution in [2.45, 2.75) is 19.4 Å². The Kier molecular flexibility index (Phi) is 2.79. The molecule has 0 radical (unpaired) electrons. The zero-order valence-corrected chi connectivity index (χ0v) is 12.6. The van der Waals surface area contributed by atoms with Crippen LogP contribution < -0.4 is 5.32 Å². The van der Waals surface area contributed by atoms with Gasteiger partial charge in [0, 0.05) is 30.1 Å². The van der Waals surface area contributed by atoms with Crippen molar-refractivity contribution >= 4 is 33.2 Å². The fourth-order valence-corrected chi connectivity index (χ4v) is 4.35. The molecule has 2 aliphatic heterocycles. The number of carbonyl (C=O) groups excluding carboxylic acids is 2. The van der Waals surface area contributed by atoms with E-state index in [-0.39, 0.29) is 23.8 Å². The Morgan fingerprint density at radius 3 is 3.00 bits per heavy atom. The molecule has 21 heavy (non-hydrogen) atoms. The molecule has 1 aromatic heterocycles. The number of fused-ring (bicyclic) bond motifs is 2. The number of amides is 2. The minimum absolute atomic E-state index is 0.0949. The van der Waals surface area contributed by atoms with Crippen LogP contribution in [-0.4, -0.2) is 35.8 Å². The predicted octanol–water partition coefficient (Wildman–Crippen LogP) is 2.17. The molecule has 2 amide bonds. The van der Waals surface area contributed by atoms with Crippen LogP contribution in [0.3, 0.4) is 0 Å². The second kappa shape index (κ2) is 4.56.